The lowest BCUT2D eigenvalue weighted by molar-refractivity contribution is -0.192. The number of benzene rings is 2. The second-order valence-electron chi connectivity index (χ2n) is 7.41. The zero-order valence-corrected chi connectivity index (χ0v) is 17.3. The summed E-state index contributed by atoms with van der Waals surface area (Å²) in [6.07, 6.45) is -5.08. The van der Waals surface area contributed by atoms with Crippen LogP contribution in [-0.2, 0) is 4.79 Å². The molecule has 0 aromatic heterocycles. The third kappa shape index (κ3) is 5.25. The van der Waals surface area contributed by atoms with Crippen LogP contribution in [0.4, 0.5) is 32.4 Å². The van der Waals surface area contributed by atoms with Gasteiger partial charge in [-0.25, -0.2) is 23.2 Å². The Labute approximate surface area is 189 Å². The van der Waals surface area contributed by atoms with Crippen LogP contribution < -0.4 is 10.2 Å². The van der Waals surface area contributed by atoms with Crippen LogP contribution in [0.1, 0.15) is 10.4 Å². The summed E-state index contributed by atoms with van der Waals surface area (Å²) in [6, 6.07) is 7.41. The molecule has 13 heteroatoms. The Bertz CT molecular complexity index is 1120. The molecule has 2 aromatic carbocycles. The first-order valence-electron chi connectivity index (χ1n) is 9.82. The van der Waals surface area contributed by atoms with Crippen molar-refractivity contribution in [2.45, 2.75) is 12.2 Å². The number of nitrogens with zero attached hydrogens (tertiary/aromatic N) is 2. The molecule has 2 heterocycles. The number of aromatic carboxylic acids is 1. The number of alkyl halides is 3. The summed E-state index contributed by atoms with van der Waals surface area (Å²) in [6.45, 7) is 2.51. The van der Waals surface area contributed by atoms with Crippen molar-refractivity contribution in [2.75, 3.05) is 31.1 Å². The summed E-state index contributed by atoms with van der Waals surface area (Å²) in [5, 5.41) is 19.3. The highest BCUT2D eigenvalue weighted by Gasteiger charge is 2.39. The zero-order valence-electron chi connectivity index (χ0n) is 17.3. The number of carboxylic acid groups (broad SMARTS) is 2. The largest absolute Gasteiger partial charge is 0.490 e. The Morgan fingerprint density at radius 3 is 2.09 bits per heavy atom. The smallest absolute Gasteiger partial charge is 0.478 e. The third-order valence-corrected chi connectivity index (χ3v) is 5.23. The second kappa shape index (κ2) is 9.63. The molecule has 0 radical (unpaired) electrons. The van der Waals surface area contributed by atoms with Gasteiger partial charge in [0.1, 0.15) is 11.6 Å². The van der Waals surface area contributed by atoms with Crippen LogP contribution in [0.15, 0.2) is 36.4 Å². The maximum atomic E-state index is 14.7. The van der Waals surface area contributed by atoms with E-state index in [-0.39, 0.29) is 28.8 Å². The fourth-order valence-corrected chi connectivity index (χ4v) is 3.59. The SMILES string of the molecule is O=C(O)C(F)(F)F.O=C(O)c1ccc(-c2ccc(N3C[C@@H]4CNCCN4C3=O)cc2F)c(F)c1. The molecule has 182 valence electrons. The number of carboxylic acids is 2. The van der Waals surface area contributed by atoms with Crippen molar-refractivity contribution >= 4 is 23.7 Å². The third-order valence-electron chi connectivity index (χ3n) is 5.23. The van der Waals surface area contributed by atoms with Gasteiger partial charge in [-0.05, 0) is 30.3 Å². The molecular weight excluding hydrogens is 469 g/mol. The Morgan fingerprint density at radius 2 is 1.59 bits per heavy atom. The maximum Gasteiger partial charge on any atom is 0.490 e. The molecule has 0 unspecified atom stereocenters. The van der Waals surface area contributed by atoms with E-state index in [1.807, 2.05) is 0 Å². The molecule has 0 spiro atoms. The highest BCUT2D eigenvalue weighted by Crippen LogP contribution is 2.31. The molecule has 0 bridgehead atoms. The van der Waals surface area contributed by atoms with E-state index < -0.39 is 29.7 Å². The summed E-state index contributed by atoms with van der Waals surface area (Å²) >= 11 is 0. The number of hydrogen-bond donors (Lipinski definition) is 3. The van der Waals surface area contributed by atoms with Crippen molar-refractivity contribution in [3.05, 3.63) is 53.6 Å². The van der Waals surface area contributed by atoms with E-state index in [0.717, 1.165) is 12.6 Å². The van der Waals surface area contributed by atoms with Crippen LogP contribution in [-0.4, -0.2) is 71.5 Å². The molecule has 2 saturated heterocycles. The lowest BCUT2D eigenvalue weighted by Gasteiger charge is -2.28. The van der Waals surface area contributed by atoms with E-state index in [0.29, 0.717) is 25.3 Å². The first-order valence-corrected chi connectivity index (χ1v) is 9.82. The predicted octanol–water partition coefficient (Wildman–Crippen LogP) is 3.18. The minimum atomic E-state index is -5.08. The Balaban J connectivity index is 0.000000406. The lowest BCUT2D eigenvalue weighted by Crippen LogP contribution is -2.49. The number of carbonyl (C=O) groups excluding carboxylic acids is 1. The number of anilines is 1. The van der Waals surface area contributed by atoms with Crippen molar-refractivity contribution in [1.29, 1.82) is 0 Å². The van der Waals surface area contributed by atoms with E-state index in [1.54, 1.807) is 11.0 Å². The molecule has 2 aromatic rings. The molecule has 1 atom stereocenters. The molecule has 2 fully saturated rings. The minimum absolute atomic E-state index is 0.0132. The van der Waals surface area contributed by atoms with Crippen LogP contribution in [0, 0.1) is 11.6 Å². The summed E-state index contributed by atoms with van der Waals surface area (Å²) in [5.74, 6) is -5.51. The van der Waals surface area contributed by atoms with E-state index in [1.165, 1.54) is 29.2 Å². The number of hydrogen-bond acceptors (Lipinski definition) is 4. The van der Waals surface area contributed by atoms with Gasteiger partial charge in [0.05, 0.1) is 11.6 Å². The quantitative estimate of drug-likeness (QED) is 0.574. The van der Waals surface area contributed by atoms with Gasteiger partial charge in [-0.1, -0.05) is 6.07 Å². The summed E-state index contributed by atoms with van der Waals surface area (Å²) in [5.41, 5.74) is 0.192. The van der Waals surface area contributed by atoms with Crippen LogP contribution in [0.5, 0.6) is 0 Å². The van der Waals surface area contributed by atoms with E-state index in [9.17, 15) is 31.5 Å². The van der Waals surface area contributed by atoms with Gasteiger partial charge in [-0.15, -0.1) is 0 Å². The number of nitrogens with one attached hydrogen (secondary N) is 1. The first-order chi connectivity index (χ1) is 15.9. The van der Waals surface area contributed by atoms with Gasteiger partial charge in [0.15, 0.2) is 0 Å². The second-order valence-corrected chi connectivity index (χ2v) is 7.41. The molecule has 2 aliphatic heterocycles. The van der Waals surface area contributed by atoms with Gasteiger partial charge < -0.3 is 20.4 Å². The normalized spacial score (nSPS) is 17.7. The van der Waals surface area contributed by atoms with E-state index >= 15 is 0 Å². The lowest BCUT2D eigenvalue weighted by atomic mass is 10.0. The van der Waals surface area contributed by atoms with Gasteiger partial charge in [0.25, 0.3) is 0 Å². The minimum Gasteiger partial charge on any atom is -0.478 e. The number of rotatable bonds is 3. The fraction of sp³-hybridized carbons (Fsp3) is 0.286. The summed E-state index contributed by atoms with van der Waals surface area (Å²) in [7, 11) is 0. The van der Waals surface area contributed by atoms with Gasteiger partial charge in [0, 0.05) is 43.0 Å². The number of carbonyl (C=O) groups is 3. The van der Waals surface area contributed by atoms with Gasteiger partial charge in [-0.3, -0.25) is 4.90 Å². The molecule has 3 N–H and O–H groups in total. The van der Waals surface area contributed by atoms with E-state index in [4.69, 9.17) is 15.0 Å². The highest BCUT2D eigenvalue weighted by molar-refractivity contribution is 5.95. The van der Waals surface area contributed by atoms with Crippen LogP contribution in [0.25, 0.3) is 11.1 Å². The summed E-state index contributed by atoms with van der Waals surface area (Å²) < 4.78 is 60.6. The first kappa shape index (κ1) is 24.9. The molecule has 34 heavy (non-hydrogen) atoms. The van der Waals surface area contributed by atoms with Crippen molar-refractivity contribution in [1.82, 2.24) is 10.2 Å². The number of fused-ring (bicyclic) bond motifs is 1. The fourth-order valence-electron chi connectivity index (χ4n) is 3.59. The van der Waals surface area contributed by atoms with Gasteiger partial charge in [-0.2, -0.15) is 13.2 Å². The van der Waals surface area contributed by atoms with Gasteiger partial charge in [0.2, 0.25) is 0 Å². The molecule has 2 amide bonds. The van der Waals surface area contributed by atoms with Crippen molar-refractivity contribution in [2.24, 2.45) is 0 Å². The highest BCUT2D eigenvalue weighted by atomic mass is 19.4. The van der Waals surface area contributed by atoms with E-state index in [2.05, 4.69) is 5.32 Å². The number of urea groups is 1. The zero-order chi connectivity index (χ0) is 25.2. The van der Waals surface area contributed by atoms with Crippen molar-refractivity contribution < 1.29 is 46.5 Å². The molecule has 2 aliphatic rings. The number of amides is 2. The Morgan fingerprint density at radius 1 is 1.00 bits per heavy atom. The monoisotopic (exact) mass is 487 g/mol. The van der Waals surface area contributed by atoms with Crippen LogP contribution >= 0.6 is 0 Å². The number of piperazine rings is 1. The molecule has 4 rings (SSSR count). The Kier molecular flexibility index (Phi) is 7.05. The number of halogens is 5. The summed E-state index contributed by atoms with van der Waals surface area (Å²) in [4.78, 5) is 35.6. The predicted molar refractivity (Wildman–Crippen MR) is 109 cm³/mol. The Hall–Kier alpha value is -3.74. The topological polar surface area (TPSA) is 110 Å². The molecule has 8 nitrogen and oxygen atoms in total. The molecule has 0 aliphatic carbocycles. The average molecular weight is 487 g/mol. The molecular formula is C21H18F5N3O5. The van der Waals surface area contributed by atoms with Gasteiger partial charge >= 0.3 is 24.1 Å². The average Bonchev–Trinajstić information content (AvgIpc) is 3.10. The number of aliphatic carboxylic acids is 1. The van der Waals surface area contributed by atoms with Crippen LogP contribution in [0.3, 0.4) is 0 Å². The van der Waals surface area contributed by atoms with Crippen molar-refractivity contribution in [3.8, 4) is 11.1 Å². The van der Waals surface area contributed by atoms with Crippen molar-refractivity contribution in [3.63, 3.8) is 0 Å². The van der Waals surface area contributed by atoms with Crippen LogP contribution in [0.2, 0.25) is 0 Å². The molecule has 0 saturated carbocycles. The standard InChI is InChI=1S/C19H17F2N3O3.C2HF3O2/c20-16-7-11(18(25)26)1-3-14(16)15-4-2-12(8-17(15)21)24-10-13-9-22-5-6-23(13)19(24)27;3-2(4,5)1(6)7/h1-4,7-8,13,22H,5-6,9-10H2,(H,25,26);(H,6,7)/t13-;/m0./s1. The maximum absolute atomic E-state index is 14.7.